The van der Waals surface area contributed by atoms with Crippen LogP contribution in [-0.2, 0) is 16.6 Å². The van der Waals surface area contributed by atoms with Crippen molar-refractivity contribution in [1.29, 1.82) is 0 Å². The average Bonchev–Trinajstić information content (AvgIpc) is 2.97. The zero-order valence-corrected chi connectivity index (χ0v) is 18.3. The second-order valence-electron chi connectivity index (χ2n) is 5.86. The van der Waals surface area contributed by atoms with Gasteiger partial charge in [-0.15, -0.1) is 11.3 Å². The Labute approximate surface area is 177 Å². The van der Waals surface area contributed by atoms with Crippen LogP contribution in [0.15, 0.2) is 41.3 Å². The zero-order chi connectivity index (χ0) is 19.8. The van der Waals surface area contributed by atoms with E-state index in [-0.39, 0.29) is 16.5 Å². The fraction of sp³-hybridized carbons (Fsp3) is 0.167. The van der Waals surface area contributed by atoms with Crippen LogP contribution in [0.1, 0.15) is 16.1 Å². The smallest absolute Gasteiger partial charge is 0.241 e. The SMILES string of the molecule is Cc1cc(S(=O)(=O)NCc2sc(-c3ccccc3Cl)nc2C)c(Cl)cc1Cl. The maximum atomic E-state index is 12.7. The maximum absolute atomic E-state index is 12.7. The number of benzene rings is 2. The minimum absolute atomic E-state index is 0.000405. The van der Waals surface area contributed by atoms with Gasteiger partial charge in [0, 0.05) is 22.0 Å². The molecule has 1 heterocycles. The first-order valence-electron chi connectivity index (χ1n) is 7.85. The molecule has 0 amide bonds. The molecule has 0 fully saturated rings. The number of sulfonamides is 1. The van der Waals surface area contributed by atoms with Gasteiger partial charge in [0.2, 0.25) is 10.0 Å². The molecule has 2 aromatic carbocycles. The highest BCUT2D eigenvalue weighted by Crippen LogP contribution is 2.33. The van der Waals surface area contributed by atoms with Gasteiger partial charge in [0.25, 0.3) is 0 Å². The summed E-state index contributed by atoms with van der Waals surface area (Å²) in [5.74, 6) is 0. The third-order valence-electron chi connectivity index (χ3n) is 3.92. The van der Waals surface area contributed by atoms with E-state index in [2.05, 4.69) is 9.71 Å². The minimum atomic E-state index is -3.80. The highest BCUT2D eigenvalue weighted by Gasteiger charge is 2.21. The fourth-order valence-electron chi connectivity index (χ4n) is 2.42. The summed E-state index contributed by atoms with van der Waals surface area (Å²) >= 11 is 19.7. The molecule has 0 radical (unpaired) electrons. The number of thiazole rings is 1. The minimum Gasteiger partial charge on any atom is -0.241 e. The van der Waals surface area contributed by atoms with E-state index in [0.29, 0.717) is 15.6 Å². The van der Waals surface area contributed by atoms with E-state index in [9.17, 15) is 8.42 Å². The van der Waals surface area contributed by atoms with Crippen LogP contribution in [0.4, 0.5) is 0 Å². The number of nitrogens with zero attached hydrogens (tertiary/aromatic N) is 1. The Hall–Kier alpha value is -1.15. The third-order valence-corrected chi connectivity index (χ3v) is 7.72. The number of hydrogen-bond acceptors (Lipinski definition) is 4. The van der Waals surface area contributed by atoms with E-state index in [1.54, 1.807) is 13.0 Å². The first-order chi connectivity index (χ1) is 12.7. The van der Waals surface area contributed by atoms with Gasteiger partial charge in [-0.05, 0) is 37.6 Å². The summed E-state index contributed by atoms with van der Waals surface area (Å²) in [6, 6.07) is 10.3. The lowest BCUT2D eigenvalue weighted by Gasteiger charge is -2.09. The first kappa shape index (κ1) is 20.6. The largest absolute Gasteiger partial charge is 0.242 e. The van der Waals surface area contributed by atoms with Gasteiger partial charge in [0.05, 0.1) is 15.7 Å². The van der Waals surface area contributed by atoms with E-state index < -0.39 is 10.0 Å². The standard InChI is InChI=1S/C18H15Cl3N2O2S2/c1-10-7-17(15(21)8-14(10)20)27(24,25)22-9-16-11(2)23-18(26-16)12-5-3-4-6-13(12)19/h3-8,22H,9H2,1-2H3. The number of aryl methyl sites for hydroxylation is 2. The Balaban J connectivity index is 1.85. The van der Waals surface area contributed by atoms with Gasteiger partial charge in [-0.25, -0.2) is 18.1 Å². The van der Waals surface area contributed by atoms with Crippen molar-refractivity contribution in [1.82, 2.24) is 9.71 Å². The normalized spacial score (nSPS) is 11.7. The van der Waals surface area contributed by atoms with Crippen molar-refractivity contribution in [2.45, 2.75) is 25.3 Å². The molecule has 0 saturated carbocycles. The topological polar surface area (TPSA) is 59.1 Å². The monoisotopic (exact) mass is 460 g/mol. The van der Waals surface area contributed by atoms with Crippen LogP contribution in [0.25, 0.3) is 10.6 Å². The Morgan fingerprint density at radius 1 is 1.04 bits per heavy atom. The molecule has 27 heavy (non-hydrogen) atoms. The summed E-state index contributed by atoms with van der Waals surface area (Å²) < 4.78 is 27.9. The Bertz CT molecular complexity index is 1110. The second kappa shape index (κ2) is 8.07. The summed E-state index contributed by atoms with van der Waals surface area (Å²) in [7, 11) is -3.80. The van der Waals surface area contributed by atoms with Crippen molar-refractivity contribution < 1.29 is 8.42 Å². The van der Waals surface area contributed by atoms with Gasteiger partial charge >= 0.3 is 0 Å². The molecular weight excluding hydrogens is 447 g/mol. The summed E-state index contributed by atoms with van der Waals surface area (Å²) in [5.41, 5.74) is 2.20. The van der Waals surface area contributed by atoms with Crippen molar-refractivity contribution in [2.24, 2.45) is 0 Å². The highest BCUT2D eigenvalue weighted by molar-refractivity contribution is 7.89. The van der Waals surface area contributed by atoms with Gasteiger partial charge in [-0.2, -0.15) is 0 Å². The molecular formula is C18H15Cl3N2O2S2. The molecule has 3 rings (SSSR count). The molecule has 4 nitrogen and oxygen atoms in total. The average molecular weight is 462 g/mol. The van der Waals surface area contributed by atoms with Crippen LogP contribution in [0, 0.1) is 13.8 Å². The number of hydrogen-bond donors (Lipinski definition) is 1. The summed E-state index contributed by atoms with van der Waals surface area (Å²) in [6.45, 7) is 3.66. The lowest BCUT2D eigenvalue weighted by molar-refractivity contribution is 0.581. The summed E-state index contributed by atoms with van der Waals surface area (Å²) in [4.78, 5) is 5.31. The van der Waals surface area contributed by atoms with Crippen molar-refractivity contribution in [3.63, 3.8) is 0 Å². The van der Waals surface area contributed by atoms with Gasteiger partial charge in [-0.1, -0.05) is 53.0 Å². The van der Waals surface area contributed by atoms with Crippen LogP contribution in [0.5, 0.6) is 0 Å². The van der Waals surface area contributed by atoms with E-state index in [4.69, 9.17) is 34.8 Å². The molecule has 3 aromatic rings. The Morgan fingerprint density at radius 3 is 2.44 bits per heavy atom. The molecule has 0 bridgehead atoms. The van der Waals surface area contributed by atoms with Crippen LogP contribution in [0.3, 0.4) is 0 Å². The number of halogens is 3. The molecule has 0 unspecified atom stereocenters. The quantitative estimate of drug-likeness (QED) is 0.517. The summed E-state index contributed by atoms with van der Waals surface area (Å²) in [5, 5.41) is 1.84. The van der Waals surface area contributed by atoms with Crippen molar-refractivity contribution >= 4 is 56.2 Å². The fourth-order valence-corrected chi connectivity index (χ4v) is 5.66. The number of nitrogens with one attached hydrogen (secondary N) is 1. The zero-order valence-electron chi connectivity index (χ0n) is 14.4. The van der Waals surface area contributed by atoms with E-state index in [1.807, 2.05) is 25.1 Å². The third kappa shape index (κ3) is 4.47. The predicted molar refractivity (Wildman–Crippen MR) is 113 cm³/mol. The molecule has 0 aliphatic carbocycles. The van der Waals surface area contributed by atoms with Crippen LogP contribution >= 0.6 is 46.1 Å². The van der Waals surface area contributed by atoms with Crippen LogP contribution < -0.4 is 4.72 Å². The lowest BCUT2D eigenvalue weighted by Crippen LogP contribution is -2.23. The molecule has 142 valence electrons. The van der Waals surface area contributed by atoms with Crippen molar-refractivity contribution in [3.05, 3.63) is 67.6 Å². The van der Waals surface area contributed by atoms with E-state index in [1.165, 1.54) is 23.5 Å². The van der Waals surface area contributed by atoms with Gasteiger partial charge in [0.1, 0.15) is 9.90 Å². The lowest BCUT2D eigenvalue weighted by atomic mass is 10.2. The molecule has 0 atom stereocenters. The molecule has 9 heteroatoms. The van der Waals surface area contributed by atoms with Gasteiger partial charge in [0.15, 0.2) is 0 Å². The van der Waals surface area contributed by atoms with Crippen LogP contribution in [-0.4, -0.2) is 13.4 Å². The molecule has 1 aromatic heterocycles. The van der Waals surface area contributed by atoms with Gasteiger partial charge < -0.3 is 0 Å². The molecule has 0 aliphatic rings. The number of aromatic nitrogens is 1. The van der Waals surface area contributed by atoms with Crippen molar-refractivity contribution in [2.75, 3.05) is 0 Å². The molecule has 0 aliphatic heterocycles. The van der Waals surface area contributed by atoms with Crippen LogP contribution in [0.2, 0.25) is 15.1 Å². The summed E-state index contributed by atoms with van der Waals surface area (Å²) in [6.07, 6.45) is 0. The molecule has 0 spiro atoms. The Kier molecular flexibility index (Phi) is 6.15. The molecule has 1 N–H and O–H groups in total. The first-order valence-corrected chi connectivity index (χ1v) is 11.3. The number of rotatable bonds is 5. The maximum Gasteiger partial charge on any atom is 0.242 e. The second-order valence-corrected chi connectivity index (χ2v) is 9.90. The molecule has 0 saturated heterocycles. The predicted octanol–water partition coefficient (Wildman–Crippen LogP) is 5.87. The van der Waals surface area contributed by atoms with Gasteiger partial charge in [-0.3, -0.25) is 0 Å². The Morgan fingerprint density at radius 2 is 1.74 bits per heavy atom. The highest BCUT2D eigenvalue weighted by atomic mass is 35.5. The van der Waals surface area contributed by atoms with E-state index in [0.717, 1.165) is 21.1 Å². The van der Waals surface area contributed by atoms with Crippen molar-refractivity contribution in [3.8, 4) is 10.6 Å². The van der Waals surface area contributed by atoms with E-state index >= 15 is 0 Å².